The Kier molecular flexibility index (Phi) is 7.57. The summed E-state index contributed by atoms with van der Waals surface area (Å²) in [6, 6.07) is 2.09. The van der Waals surface area contributed by atoms with Crippen molar-refractivity contribution in [2.45, 2.75) is 52.2 Å². The summed E-state index contributed by atoms with van der Waals surface area (Å²) in [7, 11) is -9.50. The number of carboxylic acids is 1. The van der Waals surface area contributed by atoms with E-state index in [0.717, 1.165) is 12.1 Å². The fraction of sp³-hybridized carbons (Fsp3) is 0.636. The van der Waals surface area contributed by atoms with E-state index in [1.807, 2.05) is 0 Å². The number of ether oxygens (including phenoxy) is 1. The smallest absolute Gasteiger partial charge is 0.407 e. The quantitative estimate of drug-likeness (QED) is 0.318. The molecule has 1 aromatic rings. The fourth-order valence-electron chi connectivity index (χ4n) is 2.58. The predicted molar refractivity (Wildman–Crippen MR) is 134 cm³/mol. The standard InChI is InChI=1S/C22H36N2O10S2/c1-16-7-8-19(24(9-11-32-35(5,28)29)10-12-33-36(6,30)31)14-17(16)13-18(15-20(25)26)23-21(27)34-22(2,3)4/h7-8,14,18H,9-13,15H2,1-6H3,(H,23,27)(H,25,26)/i9D2,10D2,11D2,12D2. The van der Waals surface area contributed by atoms with Gasteiger partial charge in [-0.2, -0.15) is 16.8 Å². The van der Waals surface area contributed by atoms with Crippen LogP contribution in [-0.2, 0) is 44.6 Å². The summed E-state index contributed by atoms with van der Waals surface area (Å²) in [5.41, 5.74) is -1.11. The van der Waals surface area contributed by atoms with Gasteiger partial charge in [-0.1, -0.05) is 6.07 Å². The number of alkyl carbamates (subject to hydrolysis) is 1. The van der Waals surface area contributed by atoms with E-state index in [4.69, 9.17) is 15.7 Å². The highest BCUT2D eigenvalue weighted by Crippen LogP contribution is 2.22. The topological polar surface area (TPSA) is 166 Å². The molecule has 0 saturated carbocycles. The molecule has 0 heterocycles. The number of aliphatic carboxylic acids is 1. The Morgan fingerprint density at radius 1 is 1.08 bits per heavy atom. The van der Waals surface area contributed by atoms with Gasteiger partial charge in [0.2, 0.25) is 0 Å². The van der Waals surface area contributed by atoms with Crippen molar-refractivity contribution in [3.8, 4) is 0 Å². The van der Waals surface area contributed by atoms with Crippen LogP contribution in [0.4, 0.5) is 10.5 Å². The fourth-order valence-corrected chi connectivity index (χ4v) is 2.96. The van der Waals surface area contributed by atoms with Gasteiger partial charge < -0.3 is 20.1 Å². The van der Waals surface area contributed by atoms with Gasteiger partial charge in [0.15, 0.2) is 0 Å². The molecule has 1 aromatic carbocycles. The lowest BCUT2D eigenvalue weighted by molar-refractivity contribution is -0.137. The number of carbonyl (C=O) groups excluding carboxylic acids is 1. The van der Waals surface area contributed by atoms with Gasteiger partial charge in [-0.3, -0.25) is 13.2 Å². The minimum absolute atomic E-state index is 0.121. The van der Waals surface area contributed by atoms with Crippen molar-refractivity contribution >= 4 is 38.0 Å². The maximum atomic E-state index is 12.4. The first-order valence-corrected chi connectivity index (χ1v) is 13.9. The first kappa shape index (κ1) is 20.6. The van der Waals surface area contributed by atoms with Crippen LogP contribution in [0.1, 0.15) is 49.3 Å². The van der Waals surface area contributed by atoms with Crippen LogP contribution in [0.2, 0.25) is 0 Å². The summed E-state index contributed by atoms with van der Waals surface area (Å²) in [5, 5.41) is 11.8. The first-order chi connectivity index (χ1) is 19.3. The predicted octanol–water partition coefficient (Wildman–Crippen LogP) is 1.66. The number of carboxylic acid groups (broad SMARTS) is 1. The van der Waals surface area contributed by atoms with Crippen LogP contribution in [0.25, 0.3) is 0 Å². The van der Waals surface area contributed by atoms with Crippen LogP contribution in [0.15, 0.2) is 18.2 Å². The Morgan fingerprint density at radius 2 is 1.61 bits per heavy atom. The molecule has 0 aromatic heterocycles. The van der Waals surface area contributed by atoms with Crippen molar-refractivity contribution in [2.75, 3.05) is 43.5 Å². The van der Waals surface area contributed by atoms with E-state index in [1.165, 1.54) is 13.0 Å². The van der Waals surface area contributed by atoms with Gasteiger partial charge >= 0.3 is 12.1 Å². The first-order valence-electron chi connectivity index (χ1n) is 14.2. The summed E-state index contributed by atoms with van der Waals surface area (Å²) in [4.78, 5) is 23.7. The summed E-state index contributed by atoms with van der Waals surface area (Å²) < 4.78 is 127. The highest BCUT2D eigenvalue weighted by molar-refractivity contribution is 7.86. The SMILES string of the molecule is [2H]C([2H])(OS(C)(=O)=O)C([2H])([2H])N(c1ccc(C)c(CC(CC(=O)O)NC(=O)OC(C)(C)C)c1)C([2H])([2H])C([2H])([2H])OS(C)(=O)=O. The van der Waals surface area contributed by atoms with E-state index in [0.29, 0.717) is 18.1 Å². The maximum Gasteiger partial charge on any atom is 0.407 e. The second-order valence-electron chi connectivity index (χ2n) is 8.59. The Hall–Kier alpha value is -2.42. The monoisotopic (exact) mass is 560 g/mol. The molecule has 14 heteroatoms. The zero-order chi connectivity index (χ0) is 34.9. The zero-order valence-corrected chi connectivity index (χ0v) is 22.2. The molecular weight excluding hydrogens is 516 g/mol. The van der Waals surface area contributed by atoms with Crippen LogP contribution < -0.4 is 10.2 Å². The van der Waals surface area contributed by atoms with Gasteiger partial charge in [-0.05, 0) is 57.4 Å². The minimum atomic E-state index is -4.75. The van der Waals surface area contributed by atoms with Gasteiger partial charge in [0, 0.05) is 24.7 Å². The van der Waals surface area contributed by atoms with E-state index in [-0.39, 0.29) is 16.9 Å². The molecule has 0 fully saturated rings. The molecule has 1 atom stereocenters. The van der Waals surface area contributed by atoms with Crippen molar-refractivity contribution in [1.29, 1.82) is 0 Å². The summed E-state index contributed by atoms with van der Waals surface area (Å²) in [5.74, 6) is -1.33. The summed E-state index contributed by atoms with van der Waals surface area (Å²) in [6.45, 7) is -9.47. The molecule has 0 bridgehead atoms. The van der Waals surface area contributed by atoms with Crippen LogP contribution in [-0.4, -0.2) is 84.3 Å². The number of carbonyl (C=O) groups is 2. The van der Waals surface area contributed by atoms with E-state index in [9.17, 15) is 31.5 Å². The van der Waals surface area contributed by atoms with Crippen molar-refractivity contribution in [1.82, 2.24) is 5.32 Å². The number of anilines is 1. The van der Waals surface area contributed by atoms with E-state index >= 15 is 0 Å². The van der Waals surface area contributed by atoms with Gasteiger partial charge in [0.1, 0.15) is 5.60 Å². The molecule has 0 aliphatic rings. The lowest BCUT2D eigenvalue weighted by atomic mass is 9.98. The lowest BCUT2D eigenvalue weighted by Crippen LogP contribution is -2.41. The van der Waals surface area contributed by atoms with Gasteiger partial charge in [0.25, 0.3) is 20.2 Å². The number of hydrogen-bond acceptors (Lipinski definition) is 10. The number of rotatable bonds is 14. The third kappa shape index (κ3) is 14.2. The number of hydrogen-bond donors (Lipinski definition) is 2. The van der Waals surface area contributed by atoms with Crippen molar-refractivity contribution in [3.05, 3.63) is 29.3 Å². The molecule has 0 aliphatic heterocycles. The number of benzene rings is 1. The number of amides is 1. The Bertz CT molecular complexity index is 1390. The minimum Gasteiger partial charge on any atom is -0.481 e. The molecular formula is C22H36N2O10S2. The molecule has 0 radical (unpaired) electrons. The molecule has 1 amide bonds. The van der Waals surface area contributed by atoms with Crippen LogP contribution in [0, 0.1) is 6.92 Å². The largest absolute Gasteiger partial charge is 0.481 e. The molecule has 36 heavy (non-hydrogen) atoms. The van der Waals surface area contributed by atoms with Gasteiger partial charge in [-0.25, -0.2) is 4.79 Å². The second kappa shape index (κ2) is 13.2. The van der Waals surface area contributed by atoms with E-state index < -0.39 is 82.2 Å². The van der Waals surface area contributed by atoms with Crippen LogP contribution >= 0.6 is 0 Å². The molecule has 0 saturated heterocycles. The molecule has 1 unspecified atom stereocenters. The molecule has 2 N–H and O–H groups in total. The average molecular weight is 561 g/mol. The van der Waals surface area contributed by atoms with Crippen LogP contribution in [0.5, 0.6) is 0 Å². The highest BCUT2D eigenvalue weighted by Gasteiger charge is 2.22. The second-order valence-corrected chi connectivity index (χ2v) is 11.7. The van der Waals surface area contributed by atoms with Crippen molar-refractivity contribution < 1.29 is 55.6 Å². The Morgan fingerprint density at radius 3 is 2.06 bits per heavy atom. The molecule has 0 aliphatic carbocycles. The third-order valence-corrected chi connectivity index (χ3v) is 4.67. The van der Waals surface area contributed by atoms with E-state index in [1.54, 1.807) is 20.8 Å². The summed E-state index contributed by atoms with van der Waals surface area (Å²) >= 11 is 0. The normalized spacial score (nSPS) is 18.1. The van der Waals surface area contributed by atoms with Crippen molar-refractivity contribution in [3.63, 3.8) is 0 Å². The highest BCUT2D eigenvalue weighted by atomic mass is 32.2. The molecule has 206 valence electrons. The number of nitrogens with one attached hydrogen (secondary N) is 1. The Labute approximate surface area is 224 Å². The number of aryl methyl sites for hydroxylation is 1. The maximum absolute atomic E-state index is 12.4. The van der Waals surface area contributed by atoms with Crippen LogP contribution in [0.3, 0.4) is 0 Å². The van der Waals surface area contributed by atoms with Crippen molar-refractivity contribution in [2.24, 2.45) is 0 Å². The van der Waals surface area contributed by atoms with E-state index in [2.05, 4.69) is 13.7 Å². The average Bonchev–Trinajstić information content (AvgIpc) is 2.70. The molecule has 1 rings (SSSR count). The zero-order valence-electron chi connectivity index (χ0n) is 28.6. The Balaban J connectivity index is 3.90. The lowest BCUT2D eigenvalue weighted by Gasteiger charge is -2.26. The molecule has 0 spiro atoms. The third-order valence-electron chi connectivity index (χ3n) is 3.90. The van der Waals surface area contributed by atoms with Gasteiger partial charge in [-0.15, -0.1) is 0 Å². The molecule has 12 nitrogen and oxygen atoms in total. The number of nitrogens with zero attached hydrogens (tertiary/aromatic N) is 1. The summed E-state index contributed by atoms with van der Waals surface area (Å²) in [6.07, 6.45) is -1.13. The van der Waals surface area contributed by atoms with Gasteiger partial charge in [0.05, 0.1) is 43.0 Å².